The van der Waals surface area contributed by atoms with Crippen molar-refractivity contribution in [2.75, 3.05) is 6.61 Å². The molecule has 100 valence electrons. The van der Waals surface area contributed by atoms with Crippen LogP contribution in [-0.2, 0) is 9.53 Å². The highest BCUT2D eigenvalue weighted by Gasteiger charge is 2.23. The van der Waals surface area contributed by atoms with Crippen molar-refractivity contribution in [2.24, 2.45) is 5.92 Å². The van der Waals surface area contributed by atoms with E-state index < -0.39 is 18.0 Å². The molecule has 1 N–H and O–H groups in total. The van der Waals surface area contributed by atoms with Crippen molar-refractivity contribution in [1.29, 1.82) is 0 Å². The van der Waals surface area contributed by atoms with Crippen LogP contribution < -0.4 is 0 Å². The van der Waals surface area contributed by atoms with Gasteiger partial charge in [-0.25, -0.2) is 14.3 Å². The first-order valence-corrected chi connectivity index (χ1v) is 5.77. The van der Waals surface area contributed by atoms with Crippen LogP contribution >= 0.6 is 0 Å². The predicted octanol–water partition coefficient (Wildman–Crippen LogP) is 1.13. The zero-order valence-corrected chi connectivity index (χ0v) is 10.7. The van der Waals surface area contributed by atoms with Gasteiger partial charge in [0.05, 0.1) is 12.8 Å². The molecule has 0 aromatic carbocycles. The Kier molecular flexibility index (Phi) is 4.82. The van der Waals surface area contributed by atoms with Crippen molar-refractivity contribution in [3.63, 3.8) is 0 Å². The lowest BCUT2D eigenvalue weighted by molar-refractivity contribution is -0.149. The number of aromatic nitrogens is 3. The van der Waals surface area contributed by atoms with Crippen molar-refractivity contribution >= 4 is 11.9 Å². The minimum atomic E-state index is -1.17. The summed E-state index contributed by atoms with van der Waals surface area (Å²) < 4.78 is 6.33. The van der Waals surface area contributed by atoms with Gasteiger partial charge in [0.1, 0.15) is 0 Å². The first-order valence-electron chi connectivity index (χ1n) is 5.77. The molecule has 1 unspecified atom stereocenters. The van der Waals surface area contributed by atoms with Crippen molar-refractivity contribution in [3.05, 3.63) is 11.9 Å². The number of carboxylic acid groups (broad SMARTS) is 1. The SMILES string of the molecule is CCC(C(=O)OCC(C)C)n1cc(C(=O)O)nn1. The Morgan fingerprint density at radius 3 is 2.61 bits per heavy atom. The summed E-state index contributed by atoms with van der Waals surface area (Å²) >= 11 is 0. The lowest BCUT2D eigenvalue weighted by Gasteiger charge is -2.14. The van der Waals surface area contributed by atoms with E-state index in [4.69, 9.17) is 9.84 Å². The molecule has 1 aromatic heterocycles. The van der Waals surface area contributed by atoms with E-state index in [-0.39, 0.29) is 11.6 Å². The molecular weight excluding hydrogens is 238 g/mol. The van der Waals surface area contributed by atoms with E-state index >= 15 is 0 Å². The summed E-state index contributed by atoms with van der Waals surface area (Å²) in [6, 6.07) is -0.635. The molecule has 0 fully saturated rings. The van der Waals surface area contributed by atoms with E-state index in [0.29, 0.717) is 13.0 Å². The number of aromatic carboxylic acids is 1. The second-order valence-electron chi connectivity index (χ2n) is 4.34. The average Bonchev–Trinajstić information content (AvgIpc) is 2.77. The molecule has 18 heavy (non-hydrogen) atoms. The van der Waals surface area contributed by atoms with Crippen LogP contribution in [0.25, 0.3) is 0 Å². The Labute approximate surface area is 105 Å². The molecule has 0 radical (unpaired) electrons. The number of ether oxygens (including phenoxy) is 1. The molecule has 1 rings (SSSR count). The normalized spacial score (nSPS) is 12.4. The summed E-state index contributed by atoms with van der Waals surface area (Å²) in [4.78, 5) is 22.5. The number of esters is 1. The third-order valence-corrected chi connectivity index (χ3v) is 2.27. The summed E-state index contributed by atoms with van der Waals surface area (Å²) in [6.07, 6.45) is 1.69. The molecule has 0 bridgehead atoms. The quantitative estimate of drug-likeness (QED) is 0.765. The van der Waals surface area contributed by atoms with Gasteiger partial charge in [-0.05, 0) is 12.3 Å². The minimum Gasteiger partial charge on any atom is -0.476 e. The zero-order valence-electron chi connectivity index (χ0n) is 10.7. The van der Waals surface area contributed by atoms with Gasteiger partial charge in [0.2, 0.25) is 0 Å². The fraction of sp³-hybridized carbons (Fsp3) is 0.636. The minimum absolute atomic E-state index is 0.190. The van der Waals surface area contributed by atoms with Gasteiger partial charge in [-0.3, -0.25) is 0 Å². The molecule has 7 heteroatoms. The van der Waals surface area contributed by atoms with E-state index in [1.807, 2.05) is 13.8 Å². The zero-order chi connectivity index (χ0) is 13.7. The Balaban J connectivity index is 2.75. The van der Waals surface area contributed by atoms with Crippen LogP contribution in [0.1, 0.15) is 43.7 Å². The molecule has 7 nitrogen and oxygen atoms in total. The second kappa shape index (κ2) is 6.13. The van der Waals surface area contributed by atoms with Crippen LogP contribution in [0.2, 0.25) is 0 Å². The standard InChI is InChI=1S/C11H17N3O4/c1-4-9(11(17)18-6-7(2)3)14-5-8(10(15)16)12-13-14/h5,7,9H,4,6H2,1-3H3,(H,15,16). The number of hydrogen-bond acceptors (Lipinski definition) is 5. The number of rotatable bonds is 6. The number of hydrogen-bond donors (Lipinski definition) is 1. The summed E-state index contributed by atoms with van der Waals surface area (Å²) in [5.74, 6) is -1.35. The van der Waals surface area contributed by atoms with E-state index in [1.54, 1.807) is 6.92 Å². The van der Waals surface area contributed by atoms with Gasteiger partial charge in [-0.2, -0.15) is 0 Å². The summed E-state index contributed by atoms with van der Waals surface area (Å²) in [5, 5.41) is 15.8. The maximum absolute atomic E-state index is 11.8. The van der Waals surface area contributed by atoms with Crippen molar-refractivity contribution in [1.82, 2.24) is 15.0 Å². The highest BCUT2D eigenvalue weighted by molar-refractivity contribution is 5.84. The summed E-state index contributed by atoms with van der Waals surface area (Å²) in [5.41, 5.74) is -0.190. The fourth-order valence-electron chi connectivity index (χ4n) is 1.33. The molecule has 0 aliphatic rings. The lowest BCUT2D eigenvalue weighted by atomic mass is 10.2. The van der Waals surface area contributed by atoms with Gasteiger partial charge < -0.3 is 9.84 Å². The average molecular weight is 255 g/mol. The number of carbonyl (C=O) groups is 2. The topological polar surface area (TPSA) is 94.3 Å². The third-order valence-electron chi connectivity index (χ3n) is 2.27. The summed E-state index contributed by atoms with van der Waals surface area (Å²) in [7, 11) is 0. The number of carbonyl (C=O) groups excluding carboxylic acids is 1. The molecule has 0 spiro atoms. The number of nitrogens with zero attached hydrogens (tertiary/aromatic N) is 3. The van der Waals surface area contributed by atoms with E-state index in [2.05, 4.69) is 10.3 Å². The van der Waals surface area contributed by atoms with Gasteiger partial charge in [0, 0.05) is 0 Å². The molecular formula is C11H17N3O4. The molecule has 0 aliphatic heterocycles. The predicted molar refractivity (Wildman–Crippen MR) is 62.1 cm³/mol. The number of carboxylic acids is 1. The second-order valence-corrected chi connectivity index (χ2v) is 4.34. The third kappa shape index (κ3) is 3.54. The highest BCUT2D eigenvalue weighted by Crippen LogP contribution is 2.13. The van der Waals surface area contributed by atoms with Gasteiger partial charge in [0.25, 0.3) is 0 Å². The van der Waals surface area contributed by atoms with Crippen molar-refractivity contribution in [3.8, 4) is 0 Å². The van der Waals surface area contributed by atoms with Crippen LogP contribution in [0.3, 0.4) is 0 Å². The maximum atomic E-state index is 11.8. The summed E-state index contributed by atoms with van der Waals surface area (Å²) in [6.45, 7) is 6.00. The van der Waals surface area contributed by atoms with Gasteiger partial charge >= 0.3 is 11.9 Å². The molecule has 1 heterocycles. The Bertz CT molecular complexity index is 428. The van der Waals surface area contributed by atoms with Gasteiger partial charge in [-0.15, -0.1) is 5.10 Å². The fourth-order valence-corrected chi connectivity index (χ4v) is 1.33. The molecule has 1 aromatic rings. The van der Waals surface area contributed by atoms with Crippen molar-refractivity contribution in [2.45, 2.75) is 33.2 Å². The largest absolute Gasteiger partial charge is 0.476 e. The van der Waals surface area contributed by atoms with E-state index in [1.165, 1.54) is 10.9 Å². The first kappa shape index (κ1) is 14.1. The van der Waals surface area contributed by atoms with Crippen molar-refractivity contribution < 1.29 is 19.4 Å². The lowest BCUT2D eigenvalue weighted by Crippen LogP contribution is -2.23. The van der Waals surface area contributed by atoms with Crippen LogP contribution in [0, 0.1) is 5.92 Å². The monoisotopic (exact) mass is 255 g/mol. The van der Waals surface area contributed by atoms with Crippen LogP contribution in [0.5, 0.6) is 0 Å². The molecule has 0 saturated carbocycles. The van der Waals surface area contributed by atoms with Crippen LogP contribution in [0.4, 0.5) is 0 Å². The van der Waals surface area contributed by atoms with Crippen LogP contribution in [-0.4, -0.2) is 38.6 Å². The molecule has 1 atom stereocenters. The Morgan fingerprint density at radius 2 is 2.17 bits per heavy atom. The smallest absolute Gasteiger partial charge is 0.358 e. The van der Waals surface area contributed by atoms with E-state index in [9.17, 15) is 9.59 Å². The Hall–Kier alpha value is -1.92. The Morgan fingerprint density at radius 1 is 1.50 bits per heavy atom. The maximum Gasteiger partial charge on any atom is 0.358 e. The molecule has 0 amide bonds. The van der Waals surface area contributed by atoms with E-state index in [0.717, 1.165) is 0 Å². The van der Waals surface area contributed by atoms with Gasteiger partial charge in [0.15, 0.2) is 11.7 Å². The molecule has 0 saturated heterocycles. The van der Waals surface area contributed by atoms with Gasteiger partial charge in [-0.1, -0.05) is 26.0 Å². The van der Waals surface area contributed by atoms with Crippen LogP contribution in [0.15, 0.2) is 6.20 Å². The molecule has 0 aliphatic carbocycles. The first-order chi connectivity index (χ1) is 8.45. The highest BCUT2D eigenvalue weighted by atomic mass is 16.5.